The van der Waals surface area contributed by atoms with Gasteiger partial charge in [0.1, 0.15) is 6.61 Å². The molecule has 1 aliphatic rings. The lowest BCUT2D eigenvalue weighted by atomic mass is 9.86. The van der Waals surface area contributed by atoms with Crippen molar-refractivity contribution in [3.63, 3.8) is 0 Å². The molecule has 6 nitrogen and oxygen atoms in total. The number of para-hydroxylation sites is 2. The van der Waals surface area contributed by atoms with E-state index in [2.05, 4.69) is 17.1 Å². The van der Waals surface area contributed by atoms with Gasteiger partial charge >= 0.3 is 0 Å². The van der Waals surface area contributed by atoms with Crippen molar-refractivity contribution in [1.82, 2.24) is 10.2 Å². The number of benzene rings is 2. The summed E-state index contributed by atoms with van der Waals surface area (Å²) in [5.41, 5.74) is 2.13. The molecule has 0 fully saturated rings. The van der Waals surface area contributed by atoms with Crippen molar-refractivity contribution >= 4 is 0 Å². The lowest BCUT2D eigenvalue weighted by Gasteiger charge is -2.35. The molecule has 3 rings (SSSR count). The number of unbranched alkanes of at least 4 members (excludes halogenated alkanes) is 3. The van der Waals surface area contributed by atoms with E-state index in [1.54, 1.807) is 13.2 Å². The molecule has 1 aliphatic carbocycles. The minimum Gasteiger partial charge on any atom is -0.504 e. The number of rotatable bonds is 15. The van der Waals surface area contributed by atoms with Crippen LogP contribution in [0.25, 0.3) is 0 Å². The van der Waals surface area contributed by atoms with Crippen molar-refractivity contribution in [2.45, 2.75) is 64.3 Å². The Balaban J connectivity index is 1.28. The summed E-state index contributed by atoms with van der Waals surface area (Å²) >= 11 is 0. The molecular formula is C28H42N2O4. The third-order valence-electron chi connectivity index (χ3n) is 6.72. The first-order chi connectivity index (χ1) is 16.6. The molecule has 0 unspecified atom stereocenters. The van der Waals surface area contributed by atoms with Crippen molar-refractivity contribution in [2.24, 2.45) is 0 Å². The third kappa shape index (κ3) is 7.54. The summed E-state index contributed by atoms with van der Waals surface area (Å²) in [6.07, 6.45) is 8.90. The smallest absolute Gasteiger partial charge is 0.161 e. The Labute approximate surface area is 204 Å². The maximum absolute atomic E-state index is 10.2. The van der Waals surface area contributed by atoms with Crippen molar-refractivity contribution in [1.29, 1.82) is 0 Å². The van der Waals surface area contributed by atoms with E-state index in [9.17, 15) is 10.2 Å². The quantitative estimate of drug-likeness (QED) is 0.254. The number of fused-ring (bicyclic) bond motifs is 1. The number of hydrogen-bond acceptors (Lipinski definition) is 6. The maximum Gasteiger partial charge on any atom is 0.161 e. The largest absolute Gasteiger partial charge is 0.504 e. The van der Waals surface area contributed by atoms with Crippen LogP contribution in [0.3, 0.4) is 0 Å². The van der Waals surface area contributed by atoms with E-state index < -0.39 is 0 Å². The summed E-state index contributed by atoms with van der Waals surface area (Å²) in [4.78, 5) is 2.64. The van der Waals surface area contributed by atoms with Gasteiger partial charge in [-0.2, -0.15) is 0 Å². The highest BCUT2D eigenvalue weighted by Gasteiger charge is 2.26. The molecule has 1 atom stereocenters. The molecule has 0 aliphatic heterocycles. The van der Waals surface area contributed by atoms with Crippen LogP contribution in [0.15, 0.2) is 36.4 Å². The molecule has 0 bridgehead atoms. The van der Waals surface area contributed by atoms with Crippen molar-refractivity contribution < 1.29 is 19.7 Å². The number of ether oxygens (including phenoxy) is 2. The van der Waals surface area contributed by atoms with E-state index in [-0.39, 0.29) is 11.5 Å². The highest BCUT2D eigenvalue weighted by atomic mass is 16.5. The number of hydrogen-bond donors (Lipinski definition) is 3. The highest BCUT2D eigenvalue weighted by molar-refractivity contribution is 5.50. The van der Waals surface area contributed by atoms with Crippen molar-refractivity contribution in [3.05, 3.63) is 47.5 Å². The summed E-state index contributed by atoms with van der Waals surface area (Å²) < 4.78 is 11.1. The first-order valence-electron chi connectivity index (χ1n) is 12.9. The number of nitrogens with one attached hydrogen (secondary N) is 1. The Hall–Kier alpha value is -2.44. The number of phenolic OH excluding ortho intramolecular Hbond substituents is 2. The van der Waals surface area contributed by atoms with Gasteiger partial charge in [-0.25, -0.2) is 0 Å². The summed E-state index contributed by atoms with van der Waals surface area (Å²) in [6.45, 7) is 6.99. The molecule has 2 aromatic rings. The van der Waals surface area contributed by atoms with Gasteiger partial charge in [0.05, 0.1) is 7.11 Å². The second kappa shape index (κ2) is 14.1. The van der Waals surface area contributed by atoms with E-state index in [1.165, 1.54) is 31.2 Å². The molecule has 3 N–H and O–H groups in total. The normalized spacial score (nSPS) is 15.3. The predicted molar refractivity (Wildman–Crippen MR) is 137 cm³/mol. The first-order valence-corrected chi connectivity index (χ1v) is 12.9. The van der Waals surface area contributed by atoms with E-state index in [0.717, 1.165) is 68.9 Å². The fourth-order valence-corrected chi connectivity index (χ4v) is 4.89. The zero-order chi connectivity index (χ0) is 24.2. The van der Waals surface area contributed by atoms with Crippen LogP contribution in [-0.4, -0.2) is 61.1 Å². The van der Waals surface area contributed by atoms with E-state index in [4.69, 9.17) is 9.47 Å². The van der Waals surface area contributed by atoms with Crippen LogP contribution in [0.1, 0.15) is 56.6 Å². The molecule has 0 radical (unpaired) electrons. The monoisotopic (exact) mass is 470 g/mol. The van der Waals surface area contributed by atoms with E-state index in [0.29, 0.717) is 12.6 Å². The van der Waals surface area contributed by atoms with Crippen LogP contribution in [0.4, 0.5) is 0 Å². The average Bonchev–Trinajstić information content (AvgIpc) is 2.86. The van der Waals surface area contributed by atoms with Gasteiger partial charge in [-0.05, 0) is 81.9 Å². The number of phenols is 2. The van der Waals surface area contributed by atoms with Crippen molar-refractivity contribution in [3.8, 4) is 23.0 Å². The fourth-order valence-electron chi connectivity index (χ4n) is 4.89. The second-order valence-corrected chi connectivity index (χ2v) is 9.17. The molecule has 0 saturated carbocycles. The van der Waals surface area contributed by atoms with Crippen LogP contribution in [-0.2, 0) is 12.8 Å². The summed E-state index contributed by atoms with van der Waals surface area (Å²) in [6, 6.07) is 11.9. The standard InChI is InChI=1S/C28H42N2O4/c1-3-18-30(23-13-14-24-22(21-23)12-15-25(31)28(24)32)19-9-5-4-8-16-29-17-20-34-27-11-7-6-10-26(27)33-2/h6-7,10-12,15,23,29,31-32H,3-5,8-9,13-14,16-21H2,1-2H3/t23-/m0/s1. The summed E-state index contributed by atoms with van der Waals surface area (Å²) in [5, 5.41) is 23.4. The van der Waals surface area contributed by atoms with Crippen LogP contribution in [0, 0.1) is 0 Å². The van der Waals surface area contributed by atoms with Crippen LogP contribution in [0.2, 0.25) is 0 Å². The maximum atomic E-state index is 10.2. The van der Waals surface area contributed by atoms with Gasteiger partial charge < -0.3 is 29.9 Å². The van der Waals surface area contributed by atoms with Crippen molar-refractivity contribution in [2.75, 3.05) is 39.9 Å². The fraction of sp³-hybridized carbons (Fsp3) is 0.571. The zero-order valence-electron chi connectivity index (χ0n) is 20.9. The molecular weight excluding hydrogens is 428 g/mol. The van der Waals surface area contributed by atoms with Crippen LogP contribution in [0.5, 0.6) is 23.0 Å². The zero-order valence-corrected chi connectivity index (χ0v) is 20.9. The molecule has 2 aromatic carbocycles. The molecule has 0 saturated heterocycles. The number of aromatic hydroxyl groups is 2. The molecule has 0 amide bonds. The summed E-state index contributed by atoms with van der Waals surface area (Å²) in [5.74, 6) is 1.65. The minimum absolute atomic E-state index is 0.000977. The van der Waals surface area contributed by atoms with E-state index in [1.807, 2.05) is 30.3 Å². The molecule has 188 valence electrons. The third-order valence-corrected chi connectivity index (χ3v) is 6.72. The predicted octanol–water partition coefficient (Wildman–Crippen LogP) is 4.90. The van der Waals surface area contributed by atoms with Gasteiger partial charge in [0, 0.05) is 18.2 Å². The number of nitrogens with zero attached hydrogens (tertiary/aromatic N) is 1. The molecule has 0 spiro atoms. The SMILES string of the molecule is CCCN(CCCCCCNCCOc1ccccc1OC)[C@H]1CCc2c(ccc(O)c2O)C1. The number of methoxy groups -OCH3 is 1. The van der Waals surface area contributed by atoms with Gasteiger partial charge in [0.2, 0.25) is 0 Å². The molecule has 6 heteroatoms. The average molecular weight is 471 g/mol. The first kappa shape index (κ1) is 26.2. The Morgan fingerprint density at radius 2 is 1.76 bits per heavy atom. The van der Waals surface area contributed by atoms with Crippen LogP contribution >= 0.6 is 0 Å². The Bertz CT molecular complexity index is 873. The lowest BCUT2D eigenvalue weighted by Crippen LogP contribution is -2.40. The van der Waals surface area contributed by atoms with Gasteiger partial charge in [0.15, 0.2) is 23.0 Å². The molecule has 0 aromatic heterocycles. The summed E-state index contributed by atoms with van der Waals surface area (Å²) in [7, 11) is 1.66. The van der Waals surface area contributed by atoms with Crippen LogP contribution < -0.4 is 14.8 Å². The van der Waals surface area contributed by atoms with Gasteiger partial charge in [-0.3, -0.25) is 0 Å². The highest BCUT2D eigenvalue weighted by Crippen LogP contribution is 2.36. The van der Waals surface area contributed by atoms with E-state index >= 15 is 0 Å². The second-order valence-electron chi connectivity index (χ2n) is 9.17. The Morgan fingerprint density at radius 1 is 0.971 bits per heavy atom. The van der Waals surface area contributed by atoms with Gasteiger partial charge in [0.25, 0.3) is 0 Å². The Kier molecular flexibility index (Phi) is 10.8. The Morgan fingerprint density at radius 3 is 2.56 bits per heavy atom. The van der Waals surface area contributed by atoms with Gasteiger partial charge in [-0.1, -0.05) is 38.0 Å². The minimum atomic E-state index is 0.000977. The molecule has 0 heterocycles. The molecule has 34 heavy (non-hydrogen) atoms. The topological polar surface area (TPSA) is 74.2 Å². The lowest BCUT2D eigenvalue weighted by molar-refractivity contribution is 0.175. The van der Waals surface area contributed by atoms with Gasteiger partial charge in [-0.15, -0.1) is 0 Å².